The van der Waals surface area contributed by atoms with E-state index in [-0.39, 0.29) is 29.7 Å². The summed E-state index contributed by atoms with van der Waals surface area (Å²) in [6.07, 6.45) is 0. The smallest absolute Gasteiger partial charge is 0.323 e. The largest absolute Gasteiger partial charge is 0.348 e. The average molecular weight is 290 g/mol. The fourth-order valence-corrected chi connectivity index (χ4v) is 2.04. The maximum atomic E-state index is 11.9. The van der Waals surface area contributed by atoms with Gasteiger partial charge in [0.1, 0.15) is 0 Å². The van der Waals surface area contributed by atoms with Crippen LogP contribution in [0.4, 0.5) is 0 Å². The molecule has 0 aliphatic rings. The van der Waals surface area contributed by atoms with E-state index in [1.165, 1.54) is 0 Å². The van der Waals surface area contributed by atoms with E-state index in [1.807, 2.05) is 45.9 Å². The minimum absolute atomic E-state index is 0.0555. The van der Waals surface area contributed by atoms with E-state index < -0.39 is 0 Å². The Balaban J connectivity index is 2.02. The Labute approximate surface area is 123 Å². The van der Waals surface area contributed by atoms with E-state index in [4.69, 9.17) is 0 Å². The Morgan fingerprint density at radius 2 is 1.90 bits per heavy atom. The fraction of sp³-hybridized carbons (Fsp3) is 0.467. The van der Waals surface area contributed by atoms with Crippen molar-refractivity contribution in [2.24, 2.45) is 0 Å². The number of hydrogen-bond acceptors (Lipinski definition) is 3. The lowest BCUT2D eigenvalue weighted by Crippen LogP contribution is -2.43. The number of rotatable bonds is 4. The van der Waals surface area contributed by atoms with Crippen molar-refractivity contribution in [2.45, 2.75) is 39.3 Å². The Kier molecular flexibility index (Phi) is 4.18. The van der Waals surface area contributed by atoms with Gasteiger partial charge in [-0.25, -0.2) is 4.79 Å². The van der Waals surface area contributed by atoms with Gasteiger partial charge >= 0.3 is 5.69 Å². The van der Waals surface area contributed by atoms with Crippen LogP contribution in [0.15, 0.2) is 23.0 Å². The van der Waals surface area contributed by atoms with E-state index >= 15 is 0 Å². The molecule has 4 N–H and O–H groups in total. The van der Waals surface area contributed by atoms with Crippen LogP contribution in [0, 0.1) is 0 Å². The molecule has 0 bridgehead atoms. The molecule has 21 heavy (non-hydrogen) atoms. The van der Waals surface area contributed by atoms with E-state index in [0.29, 0.717) is 0 Å². The molecule has 0 fully saturated rings. The van der Waals surface area contributed by atoms with Gasteiger partial charge in [0, 0.05) is 5.54 Å². The van der Waals surface area contributed by atoms with E-state index in [0.717, 1.165) is 16.6 Å². The number of H-pyrrole nitrogens is 2. The standard InChI is InChI=1S/C15H22N4O2/c1-9(17-13(20)8-16-15(2,3)4)10-5-6-11-12(7-10)19-14(21)18-11/h5-7,9,16H,8H2,1-4H3,(H,17,20)(H2,18,19,21). The molecule has 0 saturated carbocycles. The molecule has 6 nitrogen and oxygen atoms in total. The summed E-state index contributed by atoms with van der Waals surface area (Å²) in [4.78, 5) is 28.6. The zero-order valence-corrected chi connectivity index (χ0v) is 12.8. The van der Waals surface area contributed by atoms with Crippen molar-refractivity contribution in [3.8, 4) is 0 Å². The molecule has 1 aromatic carbocycles. The number of aromatic amines is 2. The average Bonchev–Trinajstić information content (AvgIpc) is 2.74. The molecule has 6 heteroatoms. The van der Waals surface area contributed by atoms with Crippen LogP contribution in [0.25, 0.3) is 11.0 Å². The normalized spacial score (nSPS) is 13.3. The molecule has 1 aromatic heterocycles. The summed E-state index contributed by atoms with van der Waals surface area (Å²) in [5.41, 5.74) is 2.13. The molecule has 0 radical (unpaired) electrons. The van der Waals surface area contributed by atoms with Gasteiger partial charge in [0.25, 0.3) is 0 Å². The highest BCUT2D eigenvalue weighted by molar-refractivity contribution is 5.79. The van der Waals surface area contributed by atoms with Crippen LogP contribution in [0.3, 0.4) is 0 Å². The lowest BCUT2D eigenvalue weighted by molar-refractivity contribution is -0.121. The predicted octanol–water partition coefficient (Wildman–Crippen LogP) is 1.42. The molecule has 0 spiro atoms. The van der Waals surface area contributed by atoms with Crippen LogP contribution >= 0.6 is 0 Å². The number of imidazole rings is 1. The van der Waals surface area contributed by atoms with Crippen LogP contribution < -0.4 is 16.3 Å². The third-order valence-corrected chi connectivity index (χ3v) is 3.20. The van der Waals surface area contributed by atoms with Crippen molar-refractivity contribution in [1.29, 1.82) is 0 Å². The molecular weight excluding hydrogens is 268 g/mol. The first-order valence-electron chi connectivity index (χ1n) is 7.01. The molecule has 2 aromatic rings. The number of aromatic nitrogens is 2. The Bertz CT molecular complexity index is 693. The lowest BCUT2D eigenvalue weighted by atomic mass is 10.1. The van der Waals surface area contributed by atoms with Crippen LogP contribution in [0.5, 0.6) is 0 Å². The molecule has 1 heterocycles. The predicted molar refractivity (Wildman–Crippen MR) is 83.2 cm³/mol. The molecule has 114 valence electrons. The quantitative estimate of drug-likeness (QED) is 0.686. The van der Waals surface area contributed by atoms with Crippen LogP contribution in [0.1, 0.15) is 39.3 Å². The summed E-state index contributed by atoms with van der Waals surface area (Å²) >= 11 is 0. The summed E-state index contributed by atoms with van der Waals surface area (Å²) in [6, 6.07) is 5.48. The van der Waals surface area contributed by atoms with E-state index in [1.54, 1.807) is 0 Å². The lowest BCUT2D eigenvalue weighted by Gasteiger charge is -2.21. The van der Waals surface area contributed by atoms with Crippen molar-refractivity contribution in [3.05, 3.63) is 34.2 Å². The number of fused-ring (bicyclic) bond motifs is 1. The van der Waals surface area contributed by atoms with Crippen molar-refractivity contribution in [2.75, 3.05) is 6.54 Å². The highest BCUT2D eigenvalue weighted by Gasteiger charge is 2.14. The summed E-state index contributed by atoms with van der Waals surface area (Å²) in [5, 5.41) is 6.08. The van der Waals surface area contributed by atoms with Gasteiger partial charge in [0.05, 0.1) is 23.6 Å². The Hall–Kier alpha value is -2.08. The zero-order chi connectivity index (χ0) is 15.6. The topological polar surface area (TPSA) is 89.8 Å². The van der Waals surface area contributed by atoms with Crippen molar-refractivity contribution < 1.29 is 4.79 Å². The molecule has 0 aliphatic heterocycles. The highest BCUT2D eigenvalue weighted by atomic mass is 16.2. The second-order valence-corrected chi connectivity index (χ2v) is 6.28. The fourth-order valence-electron chi connectivity index (χ4n) is 2.04. The number of hydrogen-bond donors (Lipinski definition) is 4. The first-order valence-corrected chi connectivity index (χ1v) is 7.01. The summed E-state index contributed by atoms with van der Waals surface area (Å²) < 4.78 is 0. The second kappa shape index (κ2) is 5.73. The first-order chi connectivity index (χ1) is 9.74. The minimum atomic E-state index is -0.229. The van der Waals surface area contributed by atoms with Gasteiger partial charge in [-0.1, -0.05) is 6.07 Å². The highest BCUT2D eigenvalue weighted by Crippen LogP contribution is 2.16. The van der Waals surface area contributed by atoms with Crippen molar-refractivity contribution in [3.63, 3.8) is 0 Å². The molecule has 1 amide bonds. The summed E-state index contributed by atoms with van der Waals surface area (Å²) in [6.45, 7) is 8.23. The maximum Gasteiger partial charge on any atom is 0.323 e. The minimum Gasteiger partial charge on any atom is -0.348 e. The number of carbonyl (C=O) groups is 1. The summed E-state index contributed by atoms with van der Waals surface area (Å²) in [7, 11) is 0. The van der Waals surface area contributed by atoms with Gasteiger partial charge in [-0.3, -0.25) is 4.79 Å². The molecule has 2 rings (SSSR count). The number of nitrogens with one attached hydrogen (secondary N) is 4. The second-order valence-electron chi connectivity index (χ2n) is 6.28. The van der Waals surface area contributed by atoms with E-state index in [2.05, 4.69) is 20.6 Å². The molecule has 1 unspecified atom stereocenters. The monoisotopic (exact) mass is 290 g/mol. The summed E-state index contributed by atoms with van der Waals surface area (Å²) in [5.74, 6) is -0.0555. The molecule has 1 atom stereocenters. The van der Waals surface area contributed by atoms with Crippen molar-refractivity contribution >= 4 is 16.9 Å². The van der Waals surface area contributed by atoms with Gasteiger partial charge < -0.3 is 20.6 Å². The van der Waals surface area contributed by atoms with Crippen LogP contribution in [-0.4, -0.2) is 28.0 Å². The molecule has 0 saturated heterocycles. The Morgan fingerprint density at radius 1 is 1.24 bits per heavy atom. The first kappa shape index (κ1) is 15.3. The number of amides is 1. The van der Waals surface area contributed by atoms with Gasteiger partial charge in [0.15, 0.2) is 0 Å². The van der Waals surface area contributed by atoms with Crippen LogP contribution in [0.2, 0.25) is 0 Å². The van der Waals surface area contributed by atoms with Gasteiger partial charge in [-0.15, -0.1) is 0 Å². The number of carbonyl (C=O) groups excluding carboxylic acids is 1. The van der Waals surface area contributed by atoms with Gasteiger partial charge in [-0.05, 0) is 45.4 Å². The van der Waals surface area contributed by atoms with Crippen LogP contribution in [-0.2, 0) is 4.79 Å². The Morgan fingerprint density at radius 3 is 2.57 bits per heavy atom. The molecular formula is C15H22N4O2. The maximum absolute atomic E-state index is 11.9. The van der Waals surface area contributed by atoms with E-state index in [9.17, 15) is 9.59 Å². The third-order valence-electron chi connectivity index (χ3n) is 3.20. The van der Waals surface area contributed by atoms with Gasteiger partial charge in [0.2, 0.25) is 5.91 Å². The van der Waals surface area contributed by atoms with Gasteiger partial charge in [-0.2, -0.15) is 0 Å². The SMILES string of the molecule is CC(NC(=O)CNC(C)(C)C)c1ccc2[nH]c(=O)[nH]c2c1. The third kappa shape index (κ3) is 4.19. The number of benzene rings is 1. The zero-order valence-electron chi connectivity index (χ0n) is 12.8. The van der Waals surface area contributed by atoms with Crippen molar-refractivity contribution in [1.82, 2.24) is 20.6 Å². The molecule has 0 aliphatic carbocycles.